The van der Waals surface area contributed by atoms with Crippen LogP contribution in [0.3, 0.4) is 0 Å². The normalized spacial score (nSPS) is 11.8. The summed E-state index contributed by atoms with van der Waals surface area (Å²) in [7, 11) is 0. The highest BCUT2D eigenvalue weighted by molar-refractivity contribution is 6.24. The second-order valence-electron chi connectivity index (χ2n) is 11.4. The van der Waals surface area contributed by atoms with Gasteiger partial charge in [0.1, 0.15) is 17.0 Å². The number of benzene rings is 7. The average molecular weight is 565 g/mol. The number of aryl methyl sites for hydroxylation is 1. The summed E-state index contributed by atoms with van der Waals surface area (Å²) in [6, 6.07) is 49.8. The predicted octanol–water partition coefficient (Wildman–Crippen LogP) is 11.1. The van der Waals surface area contributed by atoms with Gasteiger partial charge in [0, 0.05) is 34.0 Å². The van der Waals surface area contributed by atoms with Crippen molar-refractivity contribution in [3.05, 3.63) is 145 Å². The Morgan fingerprint density at radius 3 is 1.84 bits per heavy atom. The molecule has 0 aliphatic carbocycles. The maximum atomic E-state index is 6.54. The number of fused-ring (bicyclic) bond motifs is 6. The first kappa shape index (κ1) is 24.9. The molecule has 0 radical (unpaired) electrons. The largest absolute Gasteiger partial charge is 0.455 e. The van der Waals surface area contributed by atoms with E-state index in [1.807, 2.05) is 6.07 Å². The number of para-hydroxylation sites is 4. The molecule has 0 fully saturated rings. The Balaban J connectivity index is 1.30. The minimum Gasteiger partial charge on any atom is -0.455 e. The van der Waals surface area contributed by atoms with E-state index in [2.05, 4.69) is 145 Å². The van der Waals surface area contributed by atoms with Crippen molar-refractivity contribution in [3.8, 4) is 27.9 Å². The van der Waals surface area contributed by atoms with Crippen molar-refractivity contribution in [2.24, 2.45) is 0 Å². The van der Waals surface area contributed by atoms with E-state index in [0.29, 0.717) is 0 Å². The van der Waals surface area contributed by atoms with Gasteiger partial charge in [-0.1, -0.05) is 116 Å². The first-order chi connectivity index (χ1) is 21.8. The van der Waals surface area contributed by atoms with E-state index < -0.39 is 0 Å². The van der Waals surface area contributed by atoms with Crippen LogP contribution in [-0.2, 0) is 6.42 Å². The van der Waals surface area contributed by atoms with Gasteiger partial charge in [-0.3, -0.25) is 4.57 Å². The second-order valence-corrected chi connectivity index (χ2v) is 11.4. The van der Waals surface area contributed by atoms with Crippen LogP contribution in [0.5, 0.6) is 0 Å². The summed E-state index contributed by atoms with van der Waals surface area (Å²) in [5.74, 6) is 1.07. The van der Waals surface area contributed by atoms with Gasteiger partial charge in [-0.15, -0.1) is 0 Å². The fraction of sp³-hybridized carbons (Fsp3) is 0.0488. The van der Waals surface area contributed by atoms with Gasteiger partial charge in [-0.25, -0.2) is 4.98 Å². The van der Waals surface area contributed by atoms with Crippen molar-refractivity contribution >= 4 is 54.5 Å². The van der Waals surface area contributed by atoms with E-state index in [-0.39, 0.29) is 0 Å². The minimum atomic E-state index is 0.866. The molecule has 0 aliphatic heterocycles. The van der Waals surface area contributed by atoms with Crippen molar-refractivity contribution in [1.82, 2.24) is 9.55 Å². The SMILES string of the molecule is CCc1nc2ccccc2n1-c1ccc(-c2c3ccccc3c(-c3cccc4c3oc3ccccc34)c3ccccc23)cc1. The van der Waals surface area contributed by atoms with E-state index in [4.69, 9.17) is 9.40 Å². The second kappa shape index (κ2) is 9.68. The maximum absolute atomic E-state index is 6.54. The summed E-state index contributed by atoms with van der Waals surface area (Å²) in [5, 5.41) is 7.17. The lowest BCUT2D eigenvalue weighted by atomic mass is 9.85. The van der Waals surface area contributed by atoms with Gasteiger partial charge < -0.3 is 4.42 Å². The third-order valence-electron chi connectivity index (χ3n) is 8.97. The number of hydrogen-bond donors (Lipinski definition) is 0. The summed E-state index contributed by atoms with van der Waals surface area (Å²) in [5.41, 5.74) is 9.90. The quantitative estimate of drug-likeness (QED) is 0.199. The highest BCUT2D eigenvalue weighted by atomic mass is 16.3. The number of imidazole rings is 1. The molecule has 3 nitrogen and oxygen atoms in total. The van der Waals surface area contributed by atoms with Crippen molar-refractivity contribution in [3.63, 3.8) is 0 Å². The number of hydrogen-bond acceptors (Lipinski definition) is 2. The molecule has 3 heteroatoms. The molecule has 2 heterocycles. The van der Waals surface area contributed by atoms with E-state index in [1.165, 1.54) is 38.2 Å². The van der Waals surface area contributed by atoms with Crippen LogP contribution < -0.4 is 0 Å². The molecule has 9 aromatic rings. The molecule has 0 N–H and O–H groups in total. The monoisotopic (exact) mass is 564 g/mol. The van der Waals surface area contributed by atoms with Crippen LogP contribution in [0.2, 0.25) is 0 Å². The lowest BCUT2D eigenvalue weighted by Crippen LogP contribution is -2.00. The number of rotatable bonds is 4. The molecule has 2 aromatic heterocycles. The van der Waals surface area contributed by atoms with Gasteiger partial charge in [0.15, 0.2) is 0 Å². The summed E-state index contributed by atoms with van der Waals surface area (Å²) < 4.78 is 8.83. The topological polar surface area (TPSA) is 31.0 Å². The van der Waals surface area contributed by atoms with E-state index in [0.717, 1.165) is 56.5 Å². The van der Waals surface area contributed by atoms with E-state index in [9.17, 15) is 0 Å². The summed E-state index contributed by atoms with van der Waals surface area (Å²) in [6.07, 6.45) is 0.866. The summed E-state index contributed by atoms with van der Waals surface area (Å²) in [6.45, 7) is 2.16. The summed E-state index contributed by atoms with van der Waals surface area (Å²) in [4.78, 5) is 4.90. The van der Waals surface area contributed by atoms with Crippen LogP contribution in [0.1, 0.15) is 12.7 Å². The van der Waals surface area contributed by atoms with Crippen molar-refractivity contribution in [1.29, 1.82) is 0 Å². The highest BCUT2D eigenvalue weighted by Crippen LogP contribution is 2.46. The molecule has 208 valence electrons. The third-order valence-corrected chi connectivity index (χ3v) is 8.97. The fourth-order valence-electron chi connectivity index (χ4n) is 7.05. The Morgan fingerprint density at radius 2 is 1.14 bits per heavy atom. The van der Waals surface area contributed by atoms with E-state index in [1.54, 1.807) is 0 Å². The smallest absolute Gasteiger partial charge is 0.143 e. The fourth-order valence-corrected chi connectivity index (χ4v) is 7.05. The van der Waals surface area contributed by atoms with Crippen LogP contribution in [0.15, 0.2) is 144 Å². The number of furan rings is 1. The molecule has 0 atom stereocenters. The first-order valence-corrected chi connectivity index (χ1v) is 15.2. The molecule has 0 aliphatic rings. The van der Waals surface area contributed by atoms with Gasteiger partial charge in [0.05, 0.1) is 11.0 Å². The Labute approximate surface area is 254 Å². The van der Waals surface area contributed by atoms with Gasteiger partial charge >= 0.3 is 0 Å². The lowest BCUT2D eigenvalue weighted by molar-refractivity contribution is 0.670. The van der Waals surface area contributed by atoms with Crippen LogP contribution in [-0.4, -0.2) is 9.55 Å². The molecule has 0 unspecified atom stereocenters. The predicted molar refractivity (Wildman–Crippen MR) is 184 cm³/mol. The molecular formula is C41H28N2O. The third kappa shape index (κ3) is 3.59. The lowest BCUT2D eigenvalue weighted by Gasteiger charge is -2.18. The van der Waals surface area contributed by atoms with Crippen molar-refractivity contribution in [2.75, 3.05) is 0 Å². The zero-order valence-electron chi connectivity index (χ0n) is 24.3. The van der Waals surface area contributed by atoms with Crippen LogP contribution in [0.4, 0.5) is 0 Å². The average Bonchev–Trinajstić information content (AvgIpc) is 3.66. The number of nitrogens with zero attached hydrogens (tertiary/aromatic N) is 2. The molecule has 0 saturated carbocycles. The zero-order valence-corrected chi connectivity index (χ0v) is 24.3. The number of aromatic nitrogens is 2. The van der Waals surface area contributed by atoms with Gasteiger partial charge in [-0.2, -0.15) is 0 Å². The van der Waals surface area contributed by atoms with Gasteiger partial charge in [0.25, 0.3) is 0 Å². The van der Waals surface area contributed by atoms with Crippen molar-refractivity contribution < 1.29 is 4.42 Å². The molecule has 0 amide bonds. The minimum absolute atomic E-state index is 0.866. The van der Waals surface area contributed by atoms with Gasteiger partial charge in [0.2, 0.25) is 0 Å². The molecule has 9 rings (SSSR count). The standard InChI is InChI=1S/C41H28N2O/c1-2-38-42-35-19-8-9-20-36(35)43(38)27-24-22-26(23-25-27)39-29-13-3-5-15-31(29)40(32-16-6-4-14-30(32)39)34-18-11-17-33-28-12-7-10-21-37(28)44-41(33)34/h3-25H,2H2,1H3. The highest BCUT2D eigenvalue weighted by Gasteiger charge is 2.20. The Hall–Kier alpha value is -5.67. The Morgan fingerprint density at radius 1 is 0.545 bits per heavy atom. The summed E-state index contributed by atoms with van der Waals surface area (Å²) >= 11 is 0. The zero-order chi connectivity index (χ0) is 29.2. The molecule has 0 bridgehead atoms. The Bertz CT molecular complexity index is 2480. The van der Waals surface area contributed by atoms with Gasteiger partial charge in [-0.05, 0) is 63.0 Å². The first-order valence-electron chi connectivity index (χ1n) is 15.2. The molecule has 0 saturated heterocycles. The molecule has 0 spiro atoms. The van der Waals surface area contributed by atoms with Crippen LogP contribution in [0, 0.1) is 0 Å². The van der Waals surface area contributed by atoms with Crippen LogP contribution >= 0.6 is 0 Å². The van der Waals surface area contributed by atoms with Crippen LogP contribution in [0.25, 0.3) is 82.5 Å². The van der Waals surface area contributed by atoms with E-state index >= 15 is 0 Å². The molecule has 7 aromatic carbocycles. The molecule has 44 heavy (non-hydrogen) atoms. The molecular weight excluding hydrogens is 536 g/mol. The maximum Gasteiger partial charge on any atom is 0.143 e. The Kier molecular flexibility index (Phi) is 5.48. The van der Waals surface area contributed by atoms with Crippen molar-refractivity contribution in [2.45, 2.75) is 13.3 Å².